The van der Waals surface area contributed by atoms with Gasteiger partial charge >= 0.3 is 5.69 Å². The molecule has 6 heteroatoms. The molecule has 1 N–H and O–H groups in total. The van der Waals surface area contributed by atoms with Crippen LogP contribution in [-0.4, -0.2) is 19.5 Å². The molecule has 1 heterocycles. The summed E-state index contributed by atoms with van der Waals surface area (Å²) >= 11 is 5.94. The Hall–Kier alpha value is -1.59. The van der Waals surface area contributed by atoms with Crippen molar-refractivity contribution >= 4 is 11.6 Å². The van der Waals surface area contributed by atoms with Gasteiger partial charge < -0.3 is 5.11 Å². The molecule has 0 saturated carbocycles. The number of hydrogen-bond donors (Lipinski definition) is 1. The van der Waals surface area contributed by atoms with E-state index in [4.69, 9.17) is 11.6 Å². The van der Waals surface area contributed by atoms with E-state index in [9.17, 15) is 9.90 Å². The smallest absolute Gasteiger partial charge is 0.351 e. The molecule has 1 aromatic carbocycles. The fraction of sp³-hybridized carbons (Fsp3) is 0.273. The summed E-state index contributed by atoms with van der Waals surface area (Å²) in [7, 11) is 1.53. The van der Waals surface area contributed by atoms with Gasteiger partial charge in [-0.3, -0.25) is 0 Å². The minimum absolute atomic E-state index is 0.0847. The van der Waals surface area contributed by atoms with Crippen LogP contribution in [0.3, 0.4) is 0 Å². The molecule has 0 spiro atoms. The highest BCUT2D eigenvalue weighted by Crippen LogP contribution is 2.20. The lowest BCUT2D eigenvalue weighted by molar-refractivity contribution is 0.281. The average Bonchev–Trinajstić information content (AvgIpc) is 2.54. The molecule has 0 amide bonds. The topological polar surface area (TPSA) is 60.0 Å². The van der Waals surface area contributed by atoms with Crippen LogP contribution in [0.5, 0.6) is 0 Å². The maximum absolute atomic E-state index is 11.9. The van der Waals surface area contributed by atoms with Crippen LogP contribution in [0.25, 0.3) is 5.69 Å². The van der Waals surface area contributed by atoms with E-state index in [1.54, 1.807) is 6.07 Å². The Balaban J connectivity index is 2.81. The molecule has 90 valence electrons. The number of halogens is 1. The number of nitrogens with zero attached hydrogens (tertiary/aromatic N) is 3. The van der Waals surface area contributed by atoms with Crippen molar-refractivity contribution in [2.75, 3.05) is 0 Å². The van der Waals surface area contributed by atoms with Gasteiger partial charge in [0.1, 0.15) is 0 Å². The zero-order valence-corrected chi connectivity index (χ0v) is 10.3. The first-order chi connectivity index (χ1) is 8.06. The highest BCUT2D eigenvalue weighted by Gasteiger charge is 2.15. The lowest BCUT2D eigenvalue weighted by Crippen LogP contribution is -2.23. The maximum atomic E-state index is 11.9. The Bertz CT molecular complexity index is 616. The van der Waals surface area contributed by atoms with E-state index < -0.39 is 0 Å². The lowest BCUT2D eigenvalue weighted by Gasteiger charge is -2.10. The summed E-state index contributed by atoms with van der Waals surface area (Å²) in [5, 5.41) is 13.2. The van der Waals surface area contributed by atoms with E-state index in [-0.39, 0.29) is 17.6 Å². The van der Waals surface area contributed by atoms with Gasteiger partial charge in [0.15, 0.2) is 0 Å². The molecule has 0 radical (unpaired) electrons. The van der Waals surface area contributed by atoms with Crippen LogP contribution in [0.4, 0.5) is 0 Å². The predicted octanol–water partition coefficient (Wildman–Crippen LogP) is 1.03. The quantitative estimate of drug-likeness (QED) is 0.870. The van der Waals surface area contributed by atoms with Crippen LogP contribution in [0, 0.1) is 6.92 Å². The van der Waals surface area contributed by atoms with Crippen molar-refractivity contribution in [3.8, 4) is 5.69 Å². The van der Waals surface area contributed by atoms with Gasteiger partial charge in [0.25, 0.3) is 0 Å². The van der Waals surface area contributed by atoms with Crippen LogP contribution in [0.2, 0.25) is 5.28 Å². The minimum Gasteiger partial charge on any atom is -0.392 e. The number of rotatable bonds is 2. The van der Waals surface area contributed by atoms with Crippen molar-refractivity contribution in [3.63, 3.8) is 0 Å². The second-order valence-electron chi connectivity index (χ2n) is 3.75. The monoisotopic (exact) mass is 253 g/mol. The van der Waals surface area contributed by atoms with E-state index in [0.717, 1.165) is 10.2 Å². The van der Waals surface area contributed by atoms with Crippen molar-refractivity contribution in [2.45, 2.75) is 13.5 Å². The second-order valence-corrected chi connectivity index (χ2v) is 4.09. The van der Waals surface area contributed by atoms with Crippen LogP contribution < -0.4 is 5.69 Å². The number of aryl methyl sites for hydroxylation is 2. The molecule has 2 aromatic rings. The van der Waals surface area contributed by atoms with E-state index in [2.05, 4.69) is 5.10 Å². The van der Waals surface area contributed by atoms with Gasteiger partial charge in [-0.05, 0) is 24.1 Å². The van der Waals surface area contributed by atoms with Gasteiger partial charge in [-0.1, -0.05) is 18.2 Å². The first-order valence-corrected chi connectivity index (χ1v) is 5.45. The van der Waals surface area contributed by atoms with Crippen molar-refractivity contribution in [3.05, 3.63) is 45.1 Å². The third-order valence-electron chi connectivity index (χ3n) is 2.60. The van der Waals surface area contributed by atoms with Gasteiger partial charge in [-0.25, -0.2) is 14.0 Å². The fourth-order valence-electron chi connectivity index (χ4n) is 1.79. The molecule has 0 fully saturated rings. The Labute approximate surface area is 103 Å². The van der Waals surface area contributed by atoms with Gasteiger partial charge in [-0.2, -0.15) is 0 Å². The minimum atomic E-state index is -0.334. The summed E-state index contributed by atoms with van der Waals surface area (Å²) in [4.78, 5) is 11.9. The molecule has 0 bridgehead atoms. The largest absolute Gasteiger partial charge is 0.392 e. The molecule has 5 nitrogen and oxygen atoms in total. The SMILES string of the molecule is Cc1cccc(CO)c1-n1c(Cl)nn(C)c1=O. The summed E-state index contributed by atoms with van der Waals surface area (Å²) in [5.41, 5.74) is 1.76. The Morgan fingerprint density at radius 3 is 2.71 bits per heavy atom. The van der Waals surface area contributed by atoms with Crippen molar-refractivity contribution in [1.29, 1.82) is 0 Å². The standard InChI is InChI=1S/C11H12ClN3O2/c1-7-4-3-5-8(6-16)9(7)15-10(12)13-14(2)11(15)17/h3-5,16H,6H2,1-2H3. The van der Waals surface area contributed by atoms with E-state index in [1.807, 2.05) is 19.1 Å². The number of benzene rings is 1. The molecule has 0 aliphatic rings. The number of para-hydroxylation sites is 1. The van der Waals surface area contributed by atoms with Gasteiger partial charge in [0.05, 0.1) is 12.3 Å². The summed E-state index contributed by atoms with van der Waals surface area (Å²) in [6, 6.07) is 5.42. The number of hydrogen-bond acceptors (Lipinski definition) is 3. The summed E-state index contributed by atoms with van der Waals surface area (Å²) in [6.45, 7) is 1.69. The molecule has 0 aliphatic heterocycles. The van der Waals surface area contributed by atoms with Crippen molar-refractivity contribution < 1.29 is 5.11 Å². The normalized spacial score (nSPS) is 10.8. The zero-order valence-electron chi connectivity index (χ0n) is 9.51. The lowest BCUT2D eigenvalue weighted by atomic mass is 10.1. The van der Waals surface area contributed by atoms with E-state index in [1.165, 1.54) is 11.6 Å². The molecule has 0 unspecified atom stereocenters. The van der Waals surface area contributed by atoms with E-state index in [0.29, 0.717) is 11.3 Å². The Kier molecular flexibility index (Phi) is 3.04. The van der Waals surface area contributed by atoms with Crippen molar-refractivity contribution in [2.24, 2.45) is 7.05 Å². The van der Waals surface area contributed by atoms with Gasteiger partial charge in [0.2, 0.25) is 5.28 Å². The molecular weight excluding hydrogens is 242 g/mol. The van der Waals surface area contributed by atoms with Gasteiger partial charge in [0, 0.05) is 12.6 Å². The van der Waals surface area contributed by atoms with Crippen LogP contribution in [0.15, 0.2) is 23.0 Å². The number of aromatic nitrogens is 3. The molecule has 17 heavy (non-hydrogen) atoms. The van der Waals surface area contributed by atoms with Crippen molar-refractivity contribution in [1.82, 2.24) is 14.3 Å². The third-order valence-corrected chi connectivity index (χ3v) is 2.85. The highest BCUT2D eigenvalue weighted by atomic mass is 35.5. The van der Waals surface area contributed by atoms with Crippen LogP contribution in [-0.2, 0) is 13.7 Å². The maximum Gasteiger partial charge on any atom is 0.351 e. The van der Waals surface area contributed by atoms with Crippen LogP contribution in [0.1, 0.15) is 11.1 Å². The Morgan fingerprint density at radius 2 is 2.18 bits per heavy atom. The summed E-state index contributed by atoms with van der Waals surface area (Å²) < 4.78 is 2.46. The molecular formula is C11H12ClN3O2. The van der Waals surface area contributed by atoms with E-state index >= 15 is 0 Å². The molecule has 1 aromatic heterocycles. The molecule has 2 rings (SSSR count). The Morgan fingerprint density at radius 1 is 1.47 bits per heavy atom. The number of aliphatic hydroxyl groups is 1. The summed E-state index contributed by atoms with van der Waals surface area (Å²) in [5.74, 6) is 0. The first kappa shape index (κ1) is 11.9. The number of aliphatic hydroxyl groups excluding tert-OH is 1. The zero-order chi connectivity index (χ0) is 12.6. The predicted molar refractivity (Wildman–Crippen MR) is 64.5 cm³/mol. The highest BCUT2D eigenvalue weighted by molar-refractivity contribution is 6.28. The fourth-order valence-corrected chi connectivity index (χ4v) is 2.06. The van der Waals surface area contributed by atoms with Crippen LogP contribution >= 0.6 is 11.6 Å². The third kappa shape index (κ3) is 1.87. The molecule has 0 saturated heterocycles. The second kappa shape index (κ2) is 4.35. The molecule has 0 atom stereocenters. The summed E-state index contributed by atoms with van der Waals surface area (Å²) in [6.07, 6.45) is 0. The van der Waals surface area contributed by atoms with Gasteiger partial charge in [-0.15, -0.1) is 5.10 Å². The average molecular weight is 254 g/mol. The molecule has 0 aliphatic carbocycles. The first-order valence-electron chi connectivity index (χ1n) is 5.07.